The quantitative estimate of drug-likeness (QED) is 0.883. The highest BCUT2D eigenvalue weighted by atomic mass is 79.9. The molecular formula is C10H10BrClFN. The molecule has 0 aliphatic heterocycles. The van der Waals surface area contributed by atoms with E-state index in [2.05, 4.69) is 15.9 Å². The van der Waals surface area contributed by atoms with Crippen LogP contribution in [-0.2, 0) is 5.41 Å². The predicted molar refractivity (Wildman–Crippen MR) is 59.1 cm³/mol. The van der Waals surface area contributed by atoms with E-state index in [1.165, 1.54) is 6.07 Å². The summed E-state index contributed by atoms with van der Waals surface area (Å²) in [6.45, 7) is 0.490. The molecule has 0 heterocycles. The standard InChI is InChI=1S/C10H10BrClFN/c11-7-3-6(12)4-8(13)9(7)10(5-14)1-2-10/h3-4H,1-2,5,14H2. The highest BCUT2D eigenvalue weighted by Gasteiger charge is 2.46. The van der Waals surface area contributed by atoms with Crippen molar-refractivity contribution in [2.24, 2.45) is 5.73 Å². The maximum atomic E-state index is 13.7. The second-order valence-corrected chi connectivity index (χ2v) is 5.02. The molecule has 14 heavy (non-hydrogen) atoms. The molecule has 0 bridgehead atoms. The first kappa shape index (κ1) is 10.4. The van der Waals surface area contributed by atoms with Crippen LogP contribution in [0.2, 0.25) is 5.02 Å². The summed E-state index contributed by atoms with van der Waals surface area (Å²) in [7, 11) is 0. The lowest BCUT2D eigenvalue weighted by molar-refractivity contribution is 0.570. The largest absolute Gasteiger partial charge is 0.330 e. The molecule has 0 spiro atoms. The van der Waals surface area contributed by atoms with Crippen molar-refractivity contribution in [1.82, 2.24) is 0 Å². The summed E-state index contributed by atoms with van der Waals surface area (Å²) in [5.74, 6) is -0.257. The van der Waals surface area contributed by atoms with E-state index in [1.807, 2.05) is 0 Å². The molecule has 1 aromatic carbocycles. The van der Waals surface area contributed by atoms with Crippen LogP contribution in [0.3, 0.4) is 0 Å². The molecule has 0 atom stereocenters. The Labute approximate surface area is 95.6 Å². The van der Waals surface area contributed by atoms with Crippen molar-refractivity contribution < 1.29 is 4.39 Å². The molecular weight excluding hydrogens is 268 g/mol. The fraction of sp³-hybridized carbons (Fsp3) is 0.400. The van der Waals surface area contributed by atoms with E-state index < -0.39 is 0 Å². The summed E-state index contributed by atoms with van der Waals surface area (Å²) in [6.07, 6.45) is 1.92. The van der Waals surface area contributed by atoms with Gasteiger partial charge in [-0.05, 0) is 25.0 Å². The van der Waals surface area contributed by atoms with Crippen LogP contribution in [-0.4, -0.2) is 6.54 Å². The maximum absolute atomic E-state index is 13.7. The molecule has 1 aromatic rings. The lowest BCUT2D eigenvalue weighted by atomic mass is 9.96. The number of halogens is 3. The third-order valence-corrected chi connectivity index (χ3v) is 3.63. The van der Waals surface area contributed by atoms with E-state index in [-0.39, 0.29) is 11.2 Å². The van der Waals surface area contributed by atoms with E-state index in [1.54, 1.807) is 6.07 Å². The SMILES string of the molecule is NCC1(c2c(F)cc(Cl)cc2Br)CC1. The number of nitrogens with two attached hydrogens (primary N) is 1. The minimum Gasteiger partial charge on any atom is -0.330 e. The Hall–Kier alpha value is -0.120. The Bertz CT molecular complexity index is 353. The van der Waals surface area contributed by atoms with Crippen molar-refractivity contribution in [3.05, 3.63) is 33.0 Å². The first-order chi connectivity index (χ1) is 6.59. The average Bonchev–Trinajstić information content (AvgIpc) is 2.83. The molecule has 0 saturated heterocycles. The zero-order valence-electron chi connectivity index (χ0n) is 7.49. The Morgan fingerprint density at radius 2 is 2.14 bits per heavy atom. The van der Waals surface area contributed by atoms with Gasteiger partial charge in [-0.15, -0.1) is 0 Å². The Morgan fingerprint density at radius 3 is 2.57 bits per heavy atom. The fourth-order valence-electron chi connectivity index (χ4n) is 1.76. The van der Waals surface area contributed by atoms with Crippen molar-refractivity contribution in [2.45, 2.75) is 18.3 Å². The van der Waals surface area contributed by atoms with Gasteiger partial charge >= 0.3 is 0 Å². The Morgan fingerprint density at radius 1 is 1.50 bits per heavy atom. The smallest absolute Gasteiger partial charge is 0.129 e. The van der Waals surface area contributed by atoms with Crippen molar-refractivity contribution in [1.29, 1.82) is 0 Å². The van der Waals surface area contributed by atoms with Gasteiger partial charge in [-0.25, -0.2) is 4.39 Å². The molecule has 0 aromatic heterocycles. The van der Waals surface area contributed by atoms with Gasteiger partial charge in [-0.1, -0.05) is 27.5 Å². The highest BCUT2D eigenvalue weighted by molar-refractivity contribution is 9.10. The first-order valence-electron chi connectivity index (χ1n) is 4.44. The molecule has 0 radical (unpaired) electrons. The van der Waals surface area contributed by atoms with Gasteiger partial charge in [0.2, 0.25) is 0 Å². The van der Waals surface area contributed by atoms with Gasteiger partial charge in [-0.3, -0.25) is 0 Å². The number of hydrogen-bond acceptors (Lipinski definition) is 1. The first-order valence-corrected chi connectivity index (χ1v) is 5.61. The summed E-state index contributed by atoms with van der Waals surface area (Å²) in [5, 5.41) is 0.408. The van der Waals surface area contributed by atoms with Gasteiger partial charge < -0.3 is 5.73 Å². The molecule has 1 fully saturated rings. The second kappa shape index (κ2) is 3.47. The minimum absolute atomic E-state index is 0.145. The van der Waals surface area contributed by atoms with Gasteiger partial charge in [0.25, 0.3) is 0 Å². The number of hydrogen-bond donors (Lipinski definition) is 1. The van der Waals surface area contributed by atoms with E-state index in [4.69, 9.17) is 17.3 Å². The molecule has 2 N–H and O–H groups in total. The van der Waals surface area contributed by atoms with E-state index in [0.29, 0.717) is 17.1 Å². The summed E-state index contributed by atoms with van der Waals surface area (Å²) < 4.78 is 14.4. The lowest BCUT2D eigenvalue weighted by Gasteiger charge is -2.16. The van der Waals surface area contributed by atoms with Gasteiger partial charge in [0.1, 0.15) is 5.82 Å². The van der Waals surface area contributed by atoms with Gasteiger partial charge in [0.05, 0.1) is 0 Å². The predicted octanol–water partition coefficient (Wildman–Crippen LogP) is 3.23. The molecule has 1 nitrogen and oxygen atoms in total. The minimum atomic E-state index is -0.257. The van der Waals surface area contributed by atoms with Crippen LogP contribution in [0.4, 0.5) is 4.39 Å². The fourth-order valence-corrected chi connectivity index (χ4v) is 2.95. The number of benzene rings is 1. The van der Waals surface area contributed by atoms with Crippen molar-refractivity contribution >= 4 is 27.5 Å². The van der Waals surface area contributed by atoms with Crippen LogP contribution >= 0.6 is 27.5 Å². The average molecular weight is 279 g/mol. The zero-order valence-corrected chi connectivity index (χ0v) is 9.83. The van der Waals surface area contributed by atoms with Gasteiger partial charge in [0.15, 0.2) is 0 Å². The van der Waals surface area contributed by atoms with E-state index >= 15 is 0 Å². The molecule has 1 aliphatic carbocycles. The van der Waals surface area contributed by atoms with Crippen LogP contribution in [0.1, 0.15) is 18.4 Å². The molecule has 76 valence electrons. The summed E-state index contributed by atoms with van der Waals surface area (Å²) >= 11 is 9.07. The molecule has 2 rings (SSSR count). The zero-order chi connectivity index (χ0) is 10.3. The second-order valence-electron chi connectivity index (χ2n) is 3.73. The molecule has 1 saturated carbocycles. The van der Waals surface area contributed by atoms with Crippen LogP contribution in [0.15, 0.2) is 16.6 Å². The van der Waals surface area contributed by atoms with Gasteiger partial charge in [-0.2, -0.15) is 0 Å². The molecule has 0 amide bonds. The topological polar surface area (TPSA) is 26.0 Å². The van der Waals surface area contributed by atoms with E-state index in [9.17, 15) is 4.39 Å². The molecule has 0 unspecified atom stereocenters. The molecule has 4 heteroatoms. The third-order valence-electron chi connectivity index (χ3n) is 2.78. The Balaban J connectivity index is 2.53. The summed E-state index contributed by atoms with van der Waals surface area (Å²) in [6, 6.07) is 3.06. The third kappa shape index (κ3) is 1.58. The monoisotopic (exact) mass is 277 g/mol. The maximum Gasteiger partial charge on any atom is 0.129 e. The van der Waals surface area contributed by atoms with Crippen molar-refractivity contribution in [2.75, 3.05) is 6.54 Å². The molecule has 1 aliphatic rings. The Kier molecular flexibility index (Phi) is 2.58. The highest BCUT2D eigenvalue weighted by Crippen LogP contribution is 2.50. The lowest BCUT2D eigenvalue weighted by Crippen LogP contribution is -2.21. The van der Waals surface area contributed by atoms with Crippen LogP contribution in [0.25, 0.3) is 0 Å². The normalized spacial score (nSPS) is 18.3. The van der Waals surface area contributed by atoms with Crippen molar-refractivity contribution in [3.63, 3.8) is 0 Å². The van der Waals surface area contributed by atoms with Crippen molar-refractivity contribution in [3.8, 4) is 0 Å². The number of rotatable bonds is 2. The van der Waals surface area contributed by atoms with Gasteiger partial charge in [0, 0.05) is 27.0 Å². The van der Waals surface area contributed by atoms with E-state index in [0.717, 1.165) is 17.3 Å². The summed E-state index contributed by atoms with van der Waals surface area (Å²) in [5.41, 5.74) is 6.20. The van der Waals surface area contributed by atoms with Crippen LogP contribution in [0, 0.1) is 5.82 Å². The van der Waals surface area contributed by atoms with Crippen LogP contribution in [0.5, 0.6) is 0 Å². The van der Waals surface area contributed by atoms with Crippen LogP contribution < -0.4 is 5.73 Å². The summed E-state index contributed by atoms with van der Waals surface area (Å²) in [4.78, 5) is 0.